The summed E-state index contributed by atoms with van der Waals surface area (Å²) in [6, 6.07) is 2.22. The minimum atomic E-state index is -4.32. The standard InChI is InChI=1S/C14H17F5N2/c15-11-6-5-8(7-12(11)16)13(21-20)9-3-1-2-4-10(9)14(17,18)19/h5-7,9-10,13,21H,1-4,20H2. The van der Waals surface area contributed by atoms with Crippen LogP contribution >= 0.6 is 0 Å². The first kappa shape index (κ1) is 16.2. The van der Waals surface area contributed by atoms with E-state index in [-0.39, 0.29) is 12.0 Å². The Hall–Kier alpha value is -1.21. The molecular weight excluding hydrogens is 291 g/mol. The number of halogens is 5. The molecule has 3 atom stereocenters. The number of nitrogens with one attached hydrogen (secondary N) is 1. The van der Waals surface area contributed by atoms with Crippen LogP contribution in [0.25, 0.3) is 0 Å². The van der Waals surface area contributed by atoms with Crippen LogP contribution in [0.2, 0.25) is 0 Å². The van der Waals surface area contributed by atoms with Gasteiger partial charge in [-0.25, -0.2) is 8.78 Å². The molecule has 0 spiro atoms. The number of nitrogens with two attached hydrogens (primary N) is 1. The molecule has 3 unspecified atom stereocenters. The van der Waals surface area contributed by atoms with E-state index in [4.69, 9.17) is 5.84 Å². The van der Waals surface area contributed by atoms with Crippen LogP contribution in [0, 0.1) is 23.5 Å². The van der Waals surface area contributed by atoms with Crippen LogP contribution in [0.5, 0.6) is 0 Å². The highest BCUT2D eigenvalue weighted by molar-refractivity contribution is 5.22. The van der Waals surface area contributed by atoms with Gasteiger partial charge in [0.05, 0.1) is 5.92 Å². The van der Waals surface area contributed by atoms with Gasteiger partial charge in [-0.3, -0.25) is 11.3 Å². The molecule has 0 radical (unpaired) electrons. The fourth-order valence-corrected chi connectivity index (χ4v) is 3.14. The lowest BCUT2D eigenvalue weighted by Crippen LogP contribution is -2.43. The number of hydrazine groups is 1. The highest BCUT2D eigenvalue weighted by Crippen LogP contribution is 2.46. The molecule has 7 heteroatoms. The van der Waals surface area contributed by atoms with Crippen LogP contribution in [0.3, 0.4) is 0 Å². The molecule has 1 saturated carbocycles. The third kappa shape index (κ3) is 3.52. The molecule has 1 fully saturated rings. The Bertz CT molecular complexity index is 489. The van der Waals surface area contributed by atoms with Gasteiger partial charge in [-0.05, 0) is 36.5 Å². The molecule has 1 aliphatic rings. The van der Waals surface area contributed by atoms with Gasteiger partial charge in [0.25, 0.3) is 0 Å². The van der Waals surface area contributed by atoms with Crippen molar-refractivity contribution in [3.8, 4) is 0 Å². The zero-order valence-electron chi connectivity index (χ0n) is 11.3. The maximum atomic E-state index is 13.3. The van der Waals surface area contributed by atoms with Gasteiger partial charge in [-0.15, -0.1) is 0 Å². The van der Waals surface area contributed by atoms with Crippen molar-refractivity contribution in [1.29, 1.82) is 0 Å². The van der Waals surface area contributed by atoms with Crippen LogP contribution < -0.4 is 11.3 Å². The predicted molar refractivity (Wildman–Crippen MR) is 67.9 cm³/mol. The Balaban J connectivity index is 2.31. The minimum Gasteiger partial charge on any atom is -0.271 e. The Morgan fingerprint density at radius 2 is 1.76 bits per heavy atom. The zero-order valence-corrected chi connectivity index (χ0v) is 11.3. The van der Waals surface area contributed by atoms with Gasteiger partial charge >= 0.3 is 6.18 Å². The number of benzene rings is 1. The summed E-state index contributed by atoms with van der Waals surface area (Å²) in [6.45, 7) is 0. The highest BCUT2D eigenvalue weighted by atomic mass is 19.4. The molecule has 0 aliphatic heterocycles. The predicted octanol–water partition coefficient (Wildman–Crippen LogP) is 3.84. The van der Waals surface area contributed by atoms with Crippen LogP contribution in [-0.2, 0) is 0 Å². The van der Waals surface area contributed by atoms with E-state index in [0.29, 0.717) is 19.3 Å². The average molecular weight is 308 g/mol. The Kier molecular flexibility index (Phi) is 4.83. The summed E-state index contributed by atoms with van der Waals surface area (Å²) in [4.78, 5) is 0. The third-order valence-corrected chi connectivity index (χ3v) is 4.15. The number of hydrogen-bond acceptors (Lipinski definition) is 2. The minimum absolute atomic E-state index is 0.0377. The maximum absolute atomic E-state index is 13.3. The smallest absolute Gasteiger partial charge is 0.271 e. The number of alkyl halides is 3. The summed E-state index contributed by atoms with van der Waals surface area (Å²) in [5.41, 5.74) is 2.58. The second kappa shape index (κ2) is 6.27. The molecule has 1 aliphatic carbocycles. The Morgan fingerprint density at radius 3 is 2.33 bits per heavy atom. The monoisotopic (exact) mass is 308 g/mol. The highest BCUT2D eigenvalue weighted by Gasteiger charge is 2.48. The molecule has 2 rings (SSSR count). The van der Waals surface area contributed by atoms with Crippen LogP contribution in [0.4, 0.5) is 22.0 Å². The van der Waals surface area contributed by atoms with E-state index in [9.17, 15) is 22.0 Å². The molecule has 0 saturated heterocycles. The van der Waals surface area contributed by atoms with E-state index in [2.05, 4.69) is 5.43 Å². The average Bonchev–Trinajstić information content (AvgIpc) is 2.43. The summed E-state index contributed by atoms with van der Waals surface area (Å²) in [5.74, 6) is 0.999. The Labute approximate surface area is 119 Å². The first-order chi connectivity index (χ1) is 9.84. The van der Waals surface area contributed by atoms with Gasteiger partial charge in [0, 0.05) is 6.04 Å². The normalized spacial score (nSPS) is 24.9. The van der Waals surface area contributed by atoms with Gasteiger partial charge in [-0.2, -0.15) is 13.2 Å². The van der Waals surface area contributed by atoms with Crippen LogP contribution in [0.1, 0.15) is 37.3 Å². The second-order valence-electron chi connectivity index (χ2n) is 5.41. The molecule has 0 heterocycles. The van der Waals surface area contributed by atoms with Gasteiger partial charge in [-0.1, -0.05) is 18.9 Å². The molecule has 3 N–H and O–H groups in total. The van der Waals surface area contributed by atoms with Crippen molar-refractivity contribution >= 4 is 0 Å². The van der Waals surface area contributed by atoms with Crippen molar-refractivity contribution in [2.45, 2.75) is 37.9 Å². The van der Waals surface area contributed by atoms with Crippen molar-refractivity contribution in [1.82, 2.24) is 5.43 Å². The lowest BCUT2D eigenvalue weighted by molar-refractivity contribution is -0.199. The Morgan fingerprint density at radius 1 is 1.10 bits per heavy atom. The largest absolute Gasteiger partial charge is 0.392 e. The SMILES string of the molecule is NNC(c1ccc(F)c(F)c1)C1CCCCC1C(F)(F)F. The third-order valence-electron chi connectivity index (χ3n) is 4.15. The van der Waals surface area contributed by atoms with Gasteiger partial charge in [0.2, 0.25) is 0 Å². The molecule has 1 aromatic rings. The number of rotatable bonds is 3. The van der Waals surface area contributed by atoms with E-state index in [1.807, 2.05) is 0 Å². The zero-order chi connectivity index (χ0) is 15.6. The molecule has 1 aromatic carbocycles. The summed E-state index contributed by atoms with van der Waals surface area (Å²) in [7, 11) is 0. The van der Waals surface area contributed by atoms with Crippen LogP contribution in [-0.4, -0.2) is 6.18 Å². The van der Waals surface area contributed by atoms with E-state index >= 15 is 0 Å². The fourth-order valence-electron chi connectivity index (χ4n) is 3.14. The lowest BCUT2D eigenvalue weighted by Gasteiger charge is -2.38. The van der Waals surface area contributed by atoms with Crippen molar-refractivity contribution in [2.75, 3.05) is 0 Å². The summed E-state index contributed by atoms with van der Waals surface area (Å²) >= 11 is 0. The van der Waals surface area contributed by atoms with Gasteiger partial charge in [0.15, 0.2) is 11.6 Å². The first-order valence-electron chi connectivity index (χ1n) is 6.82. The van der Waals surface area contributed by atoms with Crippen molar-refractivity contribution in [3.05, 3.63) is 35.4 Å². The quantitative estimate of drug-likeness (QED) is 0.506. The first-order valence-corrected chi connectivity index (χ1v) is 6.82. The molecule has 118 valence electrons. The van der Waals surface area contributed by atoms with Crippen molar-refractivity contribution < 1.29 is 22.0 Å². The lowest BCUT2D eigenvalue weighted by atomic mass is 9.73. The number of hydrogen-bond donors (Lipinski definition) is 2. The van der Waals surface area contributed by atoms with Crippen molar-refractivity contribution in [3.63, 3.8) is 0 Å². The van der Waals surface area contributed by atoms with E-state index in [1.54, 1.807) is 0 Å². The summed E-state index contributed by atoms with van der Waals surface area (Å²) < 4.78 is 65.7. The topological polar surface area (TPSA) is 38.0 Å². The van der Waals surface area contributed by atoms with E-state index in [0.717, 1.165) is 12.1 Å². The molecule has 0 bridgehead atoms. The second-order valence-corrected chi connectivity index (χ2v) is 5.41. The summed E-state index contributed by atoms with van der Waals surface area (Å²) in [6.07, 6.45) is -2.76. The summed E-state index contributed by atoms with van der Waals surface area (Å²) in [5, 5.41) is 0. The van der Waals surface area contributed by atoms with Crippen LogP contribution in [0.15, 0.2) is 18.2 Å². The molecular formula is C14H17F5N2. The molecule has 2 nitrogen and oxygen atoms in total. The van der Waals surface area contributed by atoms with Crippen molar-refractivity contribution in [2.24, 2.45) is 17.7 Å². The molecule has 21 heavy (non-hydrogen) atoms. The van der Waals surface area contributed by atoms with E-state index in [1.165, 1.54) is 6.07 Å². The molecule has 0 aromatic heterocycles. The van der Waals surface area contributed by atoms with E-state index < -0.39 is 35.7 Å². The van der Waals surface area contributed by atoms with Gasteiger partial charge in [0.1, 0.15) is 0 Å². The molecule has 0 amide bonds. The fraction of sp³-hybridized carbons (Fsp3) is 0.571. The maximum Gasteiger partial charge on any atom is 0.392 e. The van der Waals surface area contributed by atoms with Gasteiger partial charge < -0.3 is 0 Å².